The normalized spacial score (nSPS) is 12.2. The minimum absolute atomic E-state index is 0.124. The second kappa shape index (κ2) is 6.36. The minimum Gasteiger partial charge on any atom is -0.481 e. The van der Waals surface area contributed by atoms with Gasteiger partial charge in [0.1, 0.15) is 9.84 Å². The lowest BCUT2D eigenvalue weighted by molar-refractivity contribution is -0.136. The number of sulfone groups is 2. The summed E-state index contributed by atoms with van der Waals surface area (Å²) < 4.78 is 45.4. The van der Waals surface area contributed by atoms with Crippen LogP contribution in [0.4, 0.5) is 0 Å². The van der Waals surface area contributed by atoms with Crippen molar-refractivity contribution in [2.45, 2.75) is 12.2 Å². The number of carbonyl (C=O) groups is 1. The van der Waals surface area contributed by atoms with E-state index in [0.717, 1.165) is 6.26 Å². The van der Waals surface area contributed by atoms with Crippen molar-refractivity contribution in [2.24, 2.45) is 0 Å². The molecular formula is C12H16O6S2. The van der Waals surface area contributed by atoms with Gasteiger partial charge in [0.25, 0.3) is 0 Å². The molecule has 0 fully saturated rings. The van der Waals surface area contributed by atoms with Gasteiger partial charge in [-0.2, -0.15) is 0 Å². The number of hydrogen-bond donors (Lipinski definition) is 1. The van der Waals surface area contributed by atoms with Gasteiger partial charge >= 0.3 is 5.97 Å². The fraction of sp³-hybridized carbons (Fsp3) is 0.417. The topological polar surface area (TPSA) is 106 Å². The number of hydrogen-bond acceptors (Lipinski definition) is 5. The fourth-order valence-corrected chi connectivity index (χ4v) is 4.60. The zero-order valence-electron chi connectivity index (χ0n) is 10.9. The Morgan fingerprint density at radius 3 is 1.95 bits per heavy atom. The van der Waals surface area contributed by atoms with Crippen molar-refractivity contribution < 1.29 is 26.7 Å². The molecule has 8 heteroatoms. The lowest BCUT2D eigenvalue weighted by atomic mass is 10.1. The Morgan fingerprint density at radius 1 is 1.00 bits per heavy atom. The van der Waals surface area contributed by atoms with E-state index in [-0.39, 0.29) is 12.2 Å². The second-order valence-corrected chi connectivity index (χ2v) is 9.05. The largest absolute Gasteiger partial charge is 0.481 e. The van der Waals surface area contributed by atoms with Gasteiger partial charge in [-0.15, -0.1) is 0 Å². The first-order valence-corrected chi connectivity index (χ1v) is 9.63. The van der Waals surface area contributed by atoms with Crippen molar-refractivity contribution in [1.82, 2.24) is 0 Å². The predicted molar refractivity (Wildman–Crippen MR) is 75.0 cm³/mol. The highest BCUT2D eigenvalue weighted by atomic mass is 32.2. The van der Waals surface area contributed by atoms with Gasteiger partial charge in [0.05, 0.1) is 23.7 Å². The molecule has 0 aromatic heterocycles. The Balaban J connectivity index is 2.70. The van der Waals surface area contributed by atoms with Gasteiger partial charge in [0.2, 0.25) is 0 Å². The molecule has 0 atom stereocenters. The van der Waals surface area contributed by atoms with Crippen molar-refractivity contribution >= 4 is 25.6 Å². The number of benzene rings is 1. The smallest absolute Gasteiger partial charge is 0.307 e. The molecule has 0 amide bonds. The van der Waals surface area contributed by atoms with Crippen LogP contribution in [0.25, 0.3) is 0 Å². The van der Waals surface area contributed by atoms with Crippen LogP contribution in [-0.2, 0) is 36.6 Å². The summed E-state index contributed by atoms with van der Waals surface area (Å²) in [6.07, 6.45) is 0.865. The maximum absolute atomic E-state index is 11.8. The summed E-state index contributed by atoms with van der Waals surface area (Å²) >= 11 is 0. The van der Waals surface area contributed by atoms with Crippen LogP contribution in [0.3, 0.4) is 0 Å². The standard InChI is InChI=1S/C12H16O6S2/c1-19(15,16)6-7-20(17,18)9-11-4-2-10(3-5-11)8-12(13)14/h2-5H,6-9H2,1H3,(H,13,14). The number of carboxylic acid groups (broad SMARTS) is 1. The molecule has 0 bridgehead atoms. The lowest BCUT2D eigenvalue weighted by Gasteiger charge is -2.05. The van der Waals surface area contributed by atoms with E-state index in [1.165, 1.54) is 12.1 Å². The number of carboxylic acids is 1. The number of rotatable bonds is 7. The van der Waals surface area contributed by atoms with Gasteiger partial charge in [-0.1, -0.05) is 24.3 Å². The summed E-state index contributed by atoms with van der Waals surface area (Å²) in [5.74, 6) is -2.02. The quantitative estimate of drug-likeness (QED) is 0.773. The first kappa shape index (κ1) is 16.6. The first-order valence-electron chi connectivity index (χ1n) is 5.75. The summed E-state index contributed by atoms with van der Waals surface area (Å²) in [4.78, 5) is 10.5. The van der Waals surface area contributed by atoms with Crippen LogP contribution in [0.5, 0.6) is 0 Å². The third kappa shape index (κ3) is 6.67. The van der Waals surface area contributed by atoms with Crippen molar-refractivity contribution in [3.8, 4) is 0 Å². The summed E-state index contributed by atoms with van der Waals surface area (Å²) in [6, 6.07) is 6.18. The molecule has 20 heavy (non-hydrogen) atoms. The molecule has 0 aliphatic carbocycles. The summed E-state index contributed by atoms with van der Waals surface area (Å²) in [5, 5.41) is 8.62. The van der Waals surface area contributed by atoms with E-state index in [4.69, 9.17) is 5.11 Å². The Bertz CT molecular complexity index is 671. The second-order valence-electron chi connectivity index (χ2n) is 4.61. The van der Waals surface area contributed by atoms with E-state index in [0.29, 0.717) is 11.1 Å². The van der Waals surface area contributed by atoms with E-state index in [9.17, 15) is 21.6 Å². The highest BCUT2D eigenvalue weighted by Crippen LogP contribution is 2.10. The molecule has 0 heterocycles. The van der Waals surface area contributed by atoms with Crippen LogP contribution in [0.15, 0.2) is 24.3 Å². The molecule has 0 spiro atoms. The van der Waals surface area contributed by atoms with Gasteiger partial charge < -0.3 is 5.11 Å². The summed E-state index contributed by atoms with van der Waals surface area (Å²) in [7, 11) is -6.81. The van der Waals surface area contributed by atoms with Crippen LogP contribution in [-0.4, -0.2) is 45.7 Å². The van der Waals surface area contributed by atoms with Crippen LogP contribution in [0, 0.1) is 0 Å². The van der Waals surface area contributed by atoms with Crippen molar-refractivity contribution in [3.63, 3.8) is 0 Å². The fourth-order valence-electron chi connectivity index (χ4n) is 1.53. The van der Waals surface area contributed by atoms with Crippen LogP contribution in [0.1, 0.15) is 11.1 Å². The third-order valence-corrected chi connectivity index (χ3v) is 5.33. The van der Waals surface area contributed by atoms with E-state index < -0.39 is 37.1 Å². The molecule has 1 N–H and O–H groups in total. The Kier molecular flexibility index (Phi) is 5.29. The van der Waals surface area contributed by atoms with Crippen LogP contribution >= 0.6 is 0 Å². The first-order chi connectivity index (χ1) is 9.07. The lowest BCUT2D eigenvalue weighted by Crippen LogP contribution is -2.17. The average molecular weight is 320 g/mol. The van der Waals surface area contributed by atoms with Crippen molar-refractivity contribution in [1.29, 1.82) is 0 Å². The molecule has 0 aliphatic rings. The Hall–Kier alpha value is -1.41. The van der Waals surface area contributed by atoms with Crippen molar-refractivity contribution in [2.75, 3.05) is 17.8 Å². The van der Waals surface area contributed by atoms with E-state index in [1.54, 1.807) is 12.1 Å². The Morgan fingerprint density at radius 2 is 1.50 bits per heavy atom. The van der Waals surface area contributed by atoms with E-state index in [1.807, 2.05) is 0 Å². The number of aliphatic carboxylic acids is 1. The third-order valence-electron chi connectivity index (χ3n) is 2.53. The molecule has 6 nitrogen and oxygen atoms in total. The highest BCUT2D eigenvalue weighted by molar-refractivity contribution is 7.94. The van der Waals surface area contributed by atoms with Gasteiger partial charge in [-0.3, -0.25) is 4.79 Å². The monoisotopic (exact) mass is 320 g/mol. The maximum Gasteiger partial charge on any atom is 0.307 e. The Labute approximate surface area is 118 Å². The summed E-state index contributed by atoms with van der Waals surface area (Å²) in [6.45, 7) is 0. The molecule has 112 valence electrons. The van der Waals surface area contributed by atoms with Crippen molar-refractivity contribution in [3.05, 3.63) is 35.4 Å². The molecule has 0 unspecified atom stereocenters. The zero-order chi connectivity index (χ0) is 15.4. The predicted octanol–water partition coefficient (Wildman–Crippen LogP) is 0.273. The van der Waals surface area contributed by atoms with Crippen LogP contribution < -0.4 is 0 Å². The van der Waals surface area contributed by atoms with Gasteiger partial charge in [0.15, 0.2) is 9.84 Å². The van der Waals surface area contributed by atoms with Crippen LogP contribution in [0.2, 0.25) is 0 Å². The minimum atomic E-state index is -3.50. The van der Waals surface area contributed by atoms with E-state index >= 15 is 0 Å². The van der Waals surface area contributed by atoms with Gasteiger partial charge in [0, 0.05) is 6.26 Å². The molecule has 1 aromatic carbocycles. The van der Waals surface area contributed by atoms with Gasteiger partial charge in [-0.05, 0) is 11.1 Å². The zero-order valence-corrected chi connectivity index (χ0v) is 12.6. The average Bonchev–Trinajstić information content (AvgIpc) is 2.28. The molecule has 0 saturated carbocycles. The highest BCUT2D eigenvalue weighted by Gasteiger charge is 2.15. The maximum atomic E-state index is 11.8. The summed E-state index contributed by atoms with van der Waals surface area (Å²) in [5.41, 5.74) is 1.09. The van der Waals surface area contributed by atoms with E-state index in [2.05, 4.69) is 0 Å². The molecule has 0 radical (unpaired) electrons. The molecule has 0 aliphatic heterocycles. The van der Waals surface area contributed by atoms with Gasteiger partial charge in [-0.25, -0.2) is 16.8 Å². The molecular weight excluding hydrogens is 304 g/mol. The molecule has 1 rings (SSSR count). The SMILES string of the molecule is CS(=O)(=O)CCS(=O)(=O)Cc1ccc(CC(=O)O)cc1. The molecule has 0 saturated heterocycles. The molecule has 1 aromatic rings.